The Morgan fingerprint density at radius 1 is 1.45 bits per heavy atom. The van der Waals surface area contributed by atoms with Gasteiger partial charge in [-0.05, 0) is 32.0 Å². The van der Waals surface area contributed by atoms with Crippen LogP contribution in [0.15, 0.2) is 24.3 Å². The number of hydrogen-bond acceptors (Lipinski definition) is 3. The van der Waals surface area contributed by atoms with E-state index >= 15 is 0 Å². The van der Waals surface area contributed by atoms with E-state index in [0.29, 0.717) is 12.6 Å². The number of hydrogen-bond donors (Lipinski definition) is 1. The van der Waals surface area contributed by atoms with E-state index in [4.69, 9.17) is 11.2 Å². The lowest BCUT2D eigenvalue weighted by molar-refractivity contribution is 0.198. The van der Waals surface area contributed by atoms with Crippen molar-refractivity contribution in [2.45, 2.75) is 32.4 Å². The minimum atomic E-state index is 0.323. The summed E-state index contributed by atoms with van der Waals surface area (Å²) in [5.41, 5.74) is 1.18. The van der Waals surface area contributed by atoms with Crippen molar-refractivity contribution in [3.63, 3.8) is 0 Å². The van der Waals surface area contributed by atoms with Crippen LogP contribution >= 0.6 is 0 Å². The van der Waals surface area contributed by atoms with Crippen molar-refractivity contribution in [2.75, 3.05) is 26.2 Å². The number of nitrogens with zero attached hydrogens (tertiary/aromatic N) is 1. The molecule has 1 aromatic carbocycles. The number of terminal acetylenes is 1. The van der Waals surface area contributed by atoms with Crippen molar-refractivity contribution in [1.82, 2.24) is 10.2 Å². The zero-order valence-electron chi connectivity index (χ0n) is 12.3. The summed E-state index contributed by atoms with van der Waals surface area (Å²) in [6, 6.07) is 8.67. The van der Waals surface area contributed by atoms with Crippen LogP contribution in [0.1, 0.15) is 25.3 Å². The summed E-state index contributed by atoms with van der Waals surface area (Å²) in [5.74, 6) is 3.40. The maximum Gasteiger partial charge on any atom is 0.148 e. The number of piperidine rings is 1. The molecule has 1 aliphatic heterocycles. The number of para-hydroxylation sites is 1. The van der Waals surface area contributed by atoms with Crippen LogP contribution in [0.3, 0.4) is 0 Å². The standard InChI is InChI=1S/C17H24N2O/c1-3-12-20-17-10-6-5-8-15(17)13-18-16-9-7-11-19(4-2)14-16/h1,5-6,8,10,16,18H,4,7,9,11-14H2,2H3. The lowest BCUT2D eigenvalue weighted by Gasteiger charge is -2.32. The quantitative estimate of drug-likeness (QED) is 0.804. The molecule has 3 heteroatoms. The fourth-order valence-electron chi connectivity index (χ4n) is 2.67. The molecule has 1 N–H and O–H groups in total. The number of benzene rings is 1. The predicted molar refractivity (Wildman–Crippen MR) is 82.7 cm³/mol. The van der Waals surface area contributed by atoms with Gasteiger partial charge in [0.1, 0.15) is 12.4 Å². The van der Waals surface area contributed by atoms with Crippen molar-refractivity contribution < 1.29 is 4.74 Å². The maximum absolute atomic E-state index is 5.58. The van der Waals surface area contributed by atoms with Gasteiger partial charge in [0.15, 0.2) is 0 Å². The zero-order chi connectivity index (χ0) is 14.2. The van der Waals surface area contributed by atoms with Crippen LogP contribution in [0.2, 0.25) is 0 Å². The number of likely N-dealkylation sites (N-methyl/N-ethyl adjacent to an activating group) is 1. The first-order valence-corrected chi connectivity index (χ1v) is 7.43. The van der Waals surface area contributed by atoms with Gasteiger partial charge < -0.3 is 15.0 Å². The Balaban J connectivity index is 1.88. The number of rotatable bonds is 6. The van der Waals surface area contributed by atoms with E-state index in [1.165, 1.54) is 24.9 Å². The Morgan fingerprint density at radius 3 is 3.10 bits per heavy atom. The largest absolute Gasteiger partial charge is 0.481 e. The third-order valence-corrected chi connectivity index (χ3v) is 3.82. The highest BCUT2D eigenvalue weighted by atomic mass is 16.5. The molecule has 3 nitrogen and oxygen atoms in total. The van der Waals surface area contributed by atoms with Gasteiger partial charge >= 0.3 is 0 Å². The molecule has 1 atom stereocenters. The summed E-state index contributed by atoms with van der Waals surface area (Å²) in [6.45, 7) is 6.90. The van der Waals surface area contributed by atoms with Gasteiger partial charge in [-0.1, -0.05) is 31.0 Å². The SMILES string of the molecule is C#CCOc1ccccc1CNC1CCCN(CC)C1. The molecule has 1 saturated heterocycles. The monoisotopic (exact) mass is 272 g/mol. The predicted octanol–water partition coefficient (Wildman–Crippen LogP) is 2.27. The fourth-order valence-corrected chi connectivity index (χ4v) is 2.67. The van der Waals surface area contributed by atoms with Crippen LogP contribution in [0, 0.1) is 12.3 Å². The lowest BCUT2D eigenvalue weighted by Crippen LogP contribution is -2.45. The van der Waals surface area contributed by atoms with E-state index in [2.05, 4.69) is 29.1 Å². The lowest BCUT2D eigenvalue weighted by atomic mass is 10.1. The van der Waals surface area contributed by atoms with E-state index in [-0.39, 0.29) is 0 Å². The molecule has 1 unspecified atom stereocenters. The molecule has 0 saturated carbocycles. The van der Waals surface area contributed by atoms with E-state index in [9.17, 15) is 0 Å². The molecule has 1 fully saturated rings. The first-order chi connectivity index (χ1) is 9.83. The molecule has 2 rings (SSSR count). The second-order valence-electron chi connectivity index (χ2n) is 5.21. The van der Waals surface area contributed by atoms with Crippen LogP contribution in [0.5, 0.6) is 5.75 Å². The topological polar surface area (TPSA) is 24.5 Å². The zero-order valence-corrected chi connectivity index (χ0v) is 12.3. The van der Waals surface area contributed by atoms with Gasteiger partial charge in [-0.25, -0.2) is 0 Å². The Kier molecular flexibility index (Phi) is 5.91. The highest BCUT2D eigenvalue weighted by molar-refractivity contribution is 5.33. The summed E-state index contributed by atoms with van der Waals surface area (Å²) in [6.07, 6.45) is 7.78. The van der Waals surface area contributed by atoms with Crippen LogP contribution < -0.4 is 10.1 Å². The average molecular weight is 272 g/mol. The van der Waals surface area contributed by atoms with E-state index < -0.39 is 0 Å². The van der Waals surface area contributed by atoms with Crippen molar-refractivity contribution in [3.05, 3.63) is 29.8 Å². The molecule has 1 heterocycles. The summed E-state index contributed by atoms with van der Waals surface area (Å²) < 4.78 is 5.58. The van der Waals surface area contributed by atoms with Crippen LogP contribution in [-0.4, -0.2) is 37.2 Å². The van der Waals surface area contributed by atoms with Gasteiger partial charge in [0.05, 0.1) is 0 Å². The smallest absolute Gasteiger partial charge is 0.148 e. The minimum absolute atomic E-state index is 0.323. The Bertz CT molecular complexity index is 453. The van der Waals surface area contributed by atoms with Gasteiger partial charge in [-0.3, -0.25) is 0 Å². The molecular formula is C17H24N2O. The Labute approximate surface area is 122 Å². The highest BCUT2D eigenvalue weighted by Gasteiger charge is 2.18. The van der Waals surface area contributed by atoms with Gasteiger partial charge in [0.2, 0.25) is 0 Å². The van der Waals surface area contributed by atoms with E-state index in [1.54, 1.807) is 0 Å². The van der Waals surface area contributed by atoms with Crippen LogP contribution in [-0.2, 0) is 6.54 Å². The second-order valence-corrected chi connectivity index (χ2v) is 5.21. The summed E-state index contributed by atoms with van der Waals surface area (Å²) >= 11 is 0. The number of nitrogens with one attached hydrogen (secondary N) is 1. The highest BCUT2D eigenvalue weighted by Crippen LogP contribution is 2.18. The molecule has 20 heavy (non-hydrogen) atoms. The van der Waals surface area contributed by atoms with Crippen molar-refractivity contribution in [1.29, 1.82) is 0 Å². The number of likely N-dealkylation sites (tertiary alicyclic amines) is 1. The van der Waals surface area contributed by atoms with E-state index in [1.807, 2.05) is 18.2 Å². The molecule has 1 aliphatic rings. The van der Waals surface area contributed by atoms with Crippen LogP contribution in [0.4, 0.5) is 0 Å². The molecule has 0 bridgehead atoms. The third-order valence-electron chi connectivity index (χ3n) is 3.82. The average Bonchev–Trinajstić information content (AvgIpc) is 2.52. The summed E-state index contributed by atoms with van der Waals surface area (Å²) in [5, 5.41) is 3.65. The Morgan fingerprint density at radius 2 is 2.30 bits per heavy atom. The third kappa shape index (κ3) is 4.26. The van der Waals surface area contributed by atoms with Crippen molar-refractivity contribution in [3.8, 4) is 18.1 Å². The van der Waals surface area contributed by atoms with Gasteiger partial charge in [0.25, 0.3) is 0 Å². The van der Waals surface area contributed by atoms with E-state index in [0.717, 1.165) is 25.4 Å². The minimum Gasteiger partial charge on any atom is -0.481 e. The van der Waals surface area contributed by atoms with Gasteiger partial charge in [0, 0.05) is 24.7 Å². The first-order valence-electron chi connectivity index (χ1n) is 7.43. The molecule has 108 valence electrons. The molecule has 0 aromatic heterocycles. The van der Waals surface area contributed by atoms with Crippen LogP contribution in [0.25, 0.3) is 0 Å². The molecular weight excluding hydrogens is 248 g/mol. The van der Waals surface area contributed by atoms with Crippen molar-refractivity contribution >= 4 is 0 Å². The summed E-state index contributed by atoms with van der Waals surface area (Å²) in [7, 11) is 0. The molecule has 0 radical (unpaired) electrons. The summed E-state index contributed by atoms with van der Waals surface area (Å²) in [4.78, 5) is 2.50. The van der Waals surface area contributed by atoms with Gasteiger partial charge in [-0.2, -0.15) is 0 Å². The first kappa shape index (κ1) is 14.9. The Hall–Kier alpha value is -1.50. The number of ether oxygens (including phenoxy) is 1. The normalized spacial score (nSPS) is 19.5. The molecule has 0 spiro atoms. The van der Waals surface area contributed by atoms with Crippen molar-refractivity contribution in [2.24, 2.45) is 0 Å². The molecule has 0 aliphatic carbocycles. The molecule has 1 aromatic rings. The van der Waals surface area contributed by atoms with Gasteiger partial charge in [-0.15, -0.1) is 6.42 Å². The second kappa shape index (κ2) is 7.94. The maximum atomic E-state index is 5.58. The fraction of sp³-hybridized carbons (Fsp3) is 0.529. The molecule has 0 amide bonds.